The number of carbonyl (C=O) groups is 1. The number of hydrogen-bond donors (Lipinski definition) is 2. The molecule has 1 aromatic carbocycles. The van der Waals surface area contributed by atoms with Crippen molar-refractivity contribution in [2.45, 2.75) is 31.1 Å². The second-order valence-electron chi connectivity index (χ2n) is 4.63. The first-order valence-electron chi connectivity index (χ1n) is 6.23. The Kier molecular flexibility index (Phi) is 6.69. The Bertz CT molecular complexity index is 428. The van der Waals surface area contributed by atoms with Crippen LogP contribution in [0.4, 0.5) is 0 Å². The Morgan fingerprint density at radius 1 is 1.47 bits per heavy atom. The van der Waals surface area contributed by atoms with Gasteiger partial charge in [-0.15, -0.1) is 0 Å². The zero-order valence-corrected chi connectivity index (χ0v) is 12.9. The van der Waals surface area contributed by atoms with Gasteiger partial charge in [-0.25, -0.2) is 0 Å². The van der Waals surface area contributed by atoms with Gasteiger partial charge in [-0.05, 0) is 44.2 Å². The first-order valence-corrected chi connectivity index (χ1v) is 7.76. The zero-order valence-electron chi connectivity index (χ0n) is 11.3. The average molecular weight is 302 g/mol. The number of aliphatic carboxylic acids is 1. The number of rotatable bonds is 8. The van der Waals surface area contributed by atoms with Gasteiger partial charge in [0.2, 0.25) is 0 Å². The maximum absolute atomic E-state index is 11.1. The average Bonchev–Trinajstić information content (AvgIpc) is 2.39. The molecule has 1 rings (SSSR count). The van der Waals surface area contributed by atoms with Gasteiger partial charge in [0.1, 0.15) is 5.54 Å². The van der Waals surface area contributed by atoms with E-state index in [9.17, 15) is 4.79 Å². The van der Waals surface area contributed by atoms with Gasteiger partial charge in [-0.2, -0.15) is 11.8 Å². The topological polar surface area (TPSA) is 49.3 Å². The molecule has 0 aromatic heterocycles. The summed E-state index contributed by atoms with van der Waals surface area (Å²) in [6.45, 7) is 1.72. The third-order valence-corrected chi connectivity index (χ3v) is 4.67. The molecule has 0 heterocycles. The highest BCUT2D eigenvalue weighted by molar-refractivity contribution is 7.98. The van der Waals surface area contributed by atoms with Crippen LogP contribution in [-0.4, -0.2) is 29.4 Å². The van der Waals surface area contributed by atoms with Crippen LogP contribution in [0, 0.1) is 0 Å². The molecule has 2 N–H and O–H groups in total. The number of carboxylic acids is 1. The molecule has 3 nitrogen and oxygen atoms in total. The summed E-state index contributed by atoms with van der Waals surface area (Å²) in [4.78, 5) is 11.1. The third-order valence-electron chi connectivity index (χ3n) is 3.20. The van der Waals surface area contributed by atoms with E-state index in [1.165, 1.54) is 0 Å². The molecule has 0 radical (unpaired) electrons. The first kappa shape index (κ1) is 16.3. The second kappa shape index (κ2) is 7.78. The highest BCUT2D eigenvalue weighted by Crippen LogP contribution is 2.22. The summed E-state index contributed by atoms with van der Waals surface area (Å²) in [6.07, 6.45) is 1.48. The molecule has 0 spiro atoms. The molecule has 0 aliphatic rings. The van der Waals surface area contributed by atoms with Gasteiger partial charge in [0.25, 0.3) is 0 Å². The zero-order chi connectivity index (χ0) is 14.3. The minimum Gasteiger partial charge on any atom is -0.480 e. The summed E-state index contributed by atoms with van der Waals surface area (Å²) in [5, 5.41) is 12.8. The maximum atomic E-state index is 11.1. The standard InChI is InChI=1S/C14H20ClNO2S/c1-14(16-2,13(17)18)8-5-9-19-10-11-6-3-4-7-12(11)15/h3-4,6-7,16H,5,8-10H2,1-2H3,(H,17,18). The van der Waals surface area contributed by atoms with Crippen LogP contribution in [0.15, 0.2) is 24.3 Å². The van der Waals surface area contributed by atoms with Crippen LogP contribution in [-0.2, 0) is 10.5 Å². The summed E-state index contributed by atoms with van der Waals surface area (Å²) in [5.41, 5.74) is 0.300. The van der Waals surface area contributed by atoms with Crippen molar-refractivity contribution >= 4 is 29.3 Å². The smallest absolute Gasteiger partial charge is 0.323 e. The fraction of sp³-hybridized carbons (Fsp3) is 0.500. The van der Waals surface area contributed by atoms with E-state index in [-0.39, 0.29) is 0 Å². The van der Waals surface area contributed by atoms with Crippen LogP contribution >= 0.6 is 23.4 Å². The predicted octanol–water partition coefficient (Wildman–Crippen LogP) is 3.42. The fourth-order valence-corrected chi connectivity index (χ4v) is 2.91. The molecular formula is C14H20ClNO2S. The fourth-order valence-electron chi connectivity index (χ4n) is 1.66. The van der Waals surface area contributed by atoms with Crippen LogP contribution < -0.4 is 5.32 Å². The molecular weight excluding hydrogens is 282 g/mol. The third kappa shape index (κ3) is 5.05. The van der Waals surface area contributed by atoms with Crippen LogP contribution in [0.3, 0.4) is 0 Å². The number of halogens is 1. The molecule has 0 aliphatic heterocycles. The summed E-state index contributed by atoms with van der Waals surface area (Å²) < 4.78 is 0. The highest BCUT2D eigenvalue weighted by Gasteiger charge is 2.29. The Balaban J connectivity index is 2.29. The molecule has 106 valence electrons. The van der Waals surface area contributed by atoms with E-state index in [4.69, 9.17) is 16.7 Å². The highest BCUT2D eigenvalue weighted by atomic mass is 35.5. The largest absolute Gasteiger partial charge is 0.480 e. The number of hydrogen-bond acceptors (Lipinski definition) is 3. The number of thioether (sulfide) groups is 1. The van der Waals surface area contributed by atoms with Crippen molar-refractivity contribution in [1.29, 1.82) is 0 Å². The molecule has 0 bridgehead atoms. The Morgan fingerprint density at radius 3 is 2.74 bits per heavy atom. The molecule has 1 unspecified atom stereocenters. The number of carboxylic acid groups (broad SMARTS) is 1. The summed E-state index contributed by atoms with van der Waals surface area (Å²) in [7, 11) is 1.69. The lowest BCUT2D eigenvalue weighted by atomic mass is 9.97. The van der Waals surface area contributed by atoms with E-state index in [0.717, 1.165) is 28.5 Å². The number of benzene rings is 1. The van der Waals surface area contributed by atoms with E-state index < -0.39 is 11.5 Å². The lowest BCUT2D eigenvalue weighted by Crippen LogP contribution is -2.47. The molecule has 0 aliphatic carbocycles. The van der Waals surface area contributed by atoms with E-state index in [2.05, 4.69) is 5.32 Å². The van der Waals surface area contributed by atoms with E-state index >= 15 is 0 Å². The Hall–Kier alpha value is -0.710. The van der Waals surface area contributed by atoms with E-state index in [1.807, 2.05) is 24.3 Å². The van der Waals surface area contributed by atoms with Gasteiger partial charge in [0, 0.05) is 10.8 Å². The monoisotopic (exact) mass is 301 g/mol. The minimum atomic E-state index is -0.828. The van der Waals surface area contributed by atoms with Gasteiger partial charge in [0.15, 0.2) is 0 Å². The van der Waals surface area contributed by atoms with Gasteiger partial charge >= 0.3 is 5.97 Å². The van der Waals surface area contributed by atoms with Crippen molar-refractivity contribution in [3.63, 3.8) is 0 Å². The summed E-state index contributed by atoms with van der Waals surface area (Å²) in [6, 6.07) is 7.80. The van der Waals surface area contributed by atoms with Crippen LogP contribution in [0.1, 0.15) is 25.3 Å². The van der Waals surface area contributed by atoms with Gasteiger partial charge in [-0.1, -0.05) is 29.8 Å². The summed E-state index contributed by atoms with van der Waals surface area (Å²) >= 11 is 7.85. The molecule has 1 aromatic rings. The van der Waals surface area contributed by atoms with Gasteiger partial charge in [-0.3, -0.25) is 4.79 Å². The Morgan fingerprint density at radius 2 is 2.16 bits per heavy atom. The molecule has 5 heteroatoms. The maximum Gasteiger partial charge on any atom is 0.323 e. The predicted molar refractivity (Wildman–Crippen MR) is 81.9 cm³/mol. The lowest BCUT2D eigenvalue weighted by Gasteiger charge is -2.23. The van der Waals surface area contributed by atoms with Gasteiger partial charge in [0.05, 0.1) is 0 Å². The van der Waals surface area contributed by atoms with Crippen LogP contribution in [0.5, 0.6) is 0 Å². The van der Waals surface area contributed by atoms with Crippen molar-refractivity contribution in [2.75, 3.05) is 12.8 Å². The molecule has 0 saturated heterocycles. The van der Waals surface area contributed by atoms with Crippen LogP contribution in [0.25, 0.3) is 0 Å². The molecule has 0 saturated carbocycles. The second-order valence-corrected chi connectivity index (χ2v) is 6.15. The number of nitrogens with one attached hydrogen (secondary N) is 1. The molecule has 1 atom stereocenters. The van der Waals surface area contributed by atoms with Crippen molar-refractivity contribution in [2.24, 2.45) is 0 Å². The SMILES string of the molecule is CNC(C)(CCCSCc1ccccc1Cl)C(=O)O. The van der Waals surface area contributed by atoms with Crippen molar-refractivity contribution < 1.29 is 9.90 Å². The van der Waals surface area contributed by atoms with Crippen molar-refractivity contribution in [3.05, 3.63) is 34.9 Å². The number of likely N-dealkylation sites (N-methyl/N-ethyl adjacent to an activating group) is 1. The molecule has 0 fully saturated rings. The lowest BCUT2D eigenvalue weighted by molar-refractivity contribution is -0.144. The first-order chi connectivity index (χ1) is 8.99. The minimum absolute atomic E-state index is 0.619. The van der Waals surface area contributed by atoms with Crippen LogP contribution in [0.2, 0.25) is 5.02 Å². The Labute approximate surface area is 123 Å². The normalized spacial score (nSPS) is 14.1. The van der Waals surface area contributed by atoms with Gasteiger partial charge < -0.3 is 10.4 Å². The van der Waals surface area contributed by atoms with Crippen molar-refractivity contribution in [3.8, 4) is 0 Å². The van der Waals surface area contributed by atoms with E-state index in [0.29, 0.717) is 6.42 Å². The molecule has 19 heavy (non-hydrogen) atoms. The quantitative estimate of drug-likeness (QED) is 0.722. The molecule has 0 amide bonds. The van der Waals surface area contributed by atoms with Crippen molar-refractivity contribution in [1.82, 2.24) is 5.32 Å². The van der Waals surface area contributed by atoms with E-state index in [1.54, 1.807) is 25.7 Å². The summed E-state index contributed by atoms with van der Waals surface area (Å²) in [5.74, 6) is 0.991.